The van der Waals surface area contributed by atoms with Gasteiger partial charge < -0.3 is 9.84 Å². The van der Waals surface area contributed by atoms with Gasteiger partial charge in [-0.15, -0.1) is 0 Å². The average Bonchev–Trinajstić information content (AvgIpc) is 2.12. The molecule has 0 aliphatic rings. The van der Waals surface area contributed by atoms with E-state index in [1.807, 2.05) is 0 Å². The van der Waals surface area contributed by atoms with Crippen LogP contribution in [-0.2, 0) is 16.0 Å². The van der Waals surface area contributed by atoms with Gasteiger partial charge >= 0.3 is 5.97 Å². The minimum absolute atomic E-state index is 0.146. The van der Waals surface area contributed by atoms with Gasteiger partial charge in [-0.2, -0.15) is 0 Å². The third kappa shape index (κ3) is 3.03. The molecule has 0 aliphatic carbocycles. The Balaban J connectivity index is 2.75. The predicted molar refractivity (Wildman–Crippen MR) is 56.1 cm³/mol. The zero-order chi connectivity index (χ0) is 10.6. The molecule has 1 N–H and O–H groups in total. The molecular formula is C10H11BrO3. The summed E-state index contributed by atoms with van der Waals surface area (Å²) in [6.45, 7) is 2.13. The Bertz CT molecular complexity index is 336. The summed E-state index contributed by atoms with van der Waals surface area (Å²) in [5, 5.41) is 9.21. The molecule has 14 heavy (non-hydrogen) atoms. The van der Waals surface area contributed by atoms with E-state index in [2.05, 4.69) is 15.9 Å². The Hall–Kier alpha value is -1.03. The average molecular weight is 259 g/mol. The highest BCUT2D eigenvalue weighted by Gasteiger charge is 2.07. The first-order valence-electron chi connectivity index (χ1n) is 4.26. The van der Waals surface area contributed by atoms with E-state index in [1.165, 1.54) is 0 Å². The second-order valence-corrected chi connectivity index (χ2v) is 3.61. The van der Waals surface area contributed by atoms with Crippen molar-refractivity contribution in [1.82, 2.24) is 0 Å². The van der Waals surface area contributed by atoms with Crippen molar-refractivity contribution in [2.24, 2.45) is 0 Å². The molecule has 76 valence electrons. The first-order chi connectivity index (χ1) is 6.63. The number of carbonyl (C=O) groups excluding carboxylic acids is 1. The van der Waals surface area contributed by atoms with Gasteiger partial charge in [0.25, 0.3) is 0 Å². The van der Waals surface area contributed by atoms with E-state index in [0.717, 1.165) is 10.0 Å². The number of benzene rings is 1. The number of phenolic OH excluding ortho intramolecular Hbond substituents is 1. The first kappa shape index (κ1) is 11.0. The molecule has 0 saturated heterocycles. The molecule has 1 aromatic carbocycles. The maximum atomic E-state index is 11.2. The molecule has 0 aliphatic heterocycles. The lowest BCUT2D eigenvalue weighted by Crippen LogP contribution is -2.07. The Morgan fingerprint density at radius 3 is 2.93 bits per heavy atom. The van der Waals surface area contributed by atoms with E-state index in [1.54, 1.807) is 25.1 Å². The van der Waals surface area contributed by atoms with Gasteiger partial charge in [0.15, 0.2) is 0 Å². The topological polar surface area (TPSA) is 46.5 Å². The summed E-state index contributed by atoms with van der Waals surface area (Å²) >= 11 is 3.29. The van der Waals surface area contributed by atoms with Gasteiger partial charge in [0.1, 0.15) is 5.75 Å². The summed E-state index contributed by atoms with van der Waals surface area (Å²) in [6.07, 6.45) is 0.169. The molecule has 1 rings (SSSR count). The minimum Gasteiger partial charge on any atom is -0.508 e. The Labute approximate surface area is 90.8 Å². The van der Waals surface area contributed by atoms with Crippen molar-refractivity contribution in [3.05, 3.63) is 28.2 Å². The maximum Gasteiger partial charge on any atom is 0.310 e. The van der Waals surface area contributed by atoms with Crippen LogP contribution >= 0.6 is 15.9 Å². The summed E-state index contributed by atoms with van der Waals surface area (Å²) < 4.78 is 5.59. The first-order valence-corrected chi connectivity index (χ1v) is 5.05. The third-order valence-electron chi connectivity index (χ3n) is 1.67. The molecular weight excluding hydrogens is 248 g/mol. The molecule has 0 saturated carbocycles. The summed E-state index contributed by atoms with van der Waals surface area (Å²) in [6, 6.07) is 4.80. The Kier molecular flexibility index (Phi) is 3.95. The molecule has 1 aromatic rings. The van der Waals surface area contributed by atoms with Crippen molar-refractivity contribution in [3.8, 4) is 5.75 Å². The SMILES string of the molecule is CCOC(=O)Cc1cc(O)ccc1Br. The second-order valence-electron chi connectivity index (χ2n) is 2.76. The molecule has 0 unspecified atom stereocenters. The predicted octanol–water partition coefficient (Wildman–Crippen LogP) is 2.26. The Morgan fingerprint density at radius 1 is 1.57 bits per heavy atom. The van der Waals surface area contributed by atoms with Crippen molar-refractivity contribution in [2.75, 3.05) is 6.61 Å². The van der Waals surface area contributed by atoms with Crippen LogP contribution in [0.2, 0.25) is 0 Å². The fraction of sp³-hybridized carbons (Fsp3) is 0.300. The highest BCUT2D eigenvalue weighted by atomic mass is 79.9. The van der Waals surface area contributed by atoms with Crippen molar-refractivity contribution in [3.63, 3.8) is 0 Å². The number of esters is 1. The Morgan fingerprint density at radius 2 is 2.29 bits per heavy atom. The number of phenols is 1. The fourth-order valence-corrected chi connectivity index (χ4v) is 1.45. The lowest BCUT2D eigenvalue weighted by molar-refractivity contribution is -0.142. The van der Waals surface area contributed by atoms with Crippen molar-refractivity contribution in [1.29, 1.82) is 0 Å². The molecule has 3 nitrogen and oxygen atoms in total. The van der Waals surface area contributed by atoms with Crippen molar-refractivity contribution in [2.45, 2.75) is 13.3 Å². The van der Waals surface area contributed by atoms with Crippen LogP contribution in [0, 0.1) is 0 Å². The largest absolute Gasteiger partial charge is 0.508 e. The van der Waals surface area contributed by atoms with Crippen LogP contribution in [0.1, 0.15) is 12.5 Å². The number of rotatable bonds is 3. The van der Waals surface area contributed by atoms with Gasteiger partial charge in [0.05, 0.1) is 13.0 Å². The van der Waals surface area contributed by atoms with E-state index < -0.39 is 0 Å². The van der Waals surface area contributed by atoms with E-state index in [9.17, 15) is 9.90 Å². The monoisotopic (exact) mass is 258 g/mol. The van der Waals surface area contributed by atoms with Gasteiger partial charge in [-0.1, -0.05) is 15.9 Å². The van der Waals surface area contributed by atoms with Crippen LogP contribution in [0.5, 0.6) is 5.75 Å². The highest BCUT2D eigenvalue weighted by Crippen LogP contribution is 2.22. The summed E-state index contributed by atoms with van der Waals surface area (Å²) in [4.78, 5) is 11.2. The van der Waals surface area contributed by atoms with Gasteiger partial charge in [0.2, 0.25) is 0 Å². The molecule has 4 heteroatoms. The lowest BCUT2D eigenvalue weighted by Gasteiger charge is -2.04. The van der Waals surface area contributed by atoms with Gasteiger partial charge in [-0.3, -0.25) is 4.79 Å². The van der Waals surface area contributed by atoms with E-state index in [-0.39, 0.29) is 18.1 Å². The van der Waals surface area contributed by atoms with Gasteiger partial charge in [-0.05, 0) is 30.7 Å². The van der Waals surface area contributed by atoms with Crippen LogP contribution in [0.3, 0.4) is 0 Å². The third-order valence-corrected chi connectivity index (χ3v) is 2.44. The molecule has 0 radical (unpaired) electrons. The summed E-state index contributed by atoms with van der Waals surface area (Å²) in [5.41, 5.74) is 0.725. The second kappa shape index (κ2) is 5.00. The maximum absolute atomic E-state index is 11.2. The molecule has 0 amide bonds. The fourth-order valence-electron chi connectivity index (χ4n) is 1.06. The summed E-state index contributed by atoms with van der Waals surface area (Å²) in [7, 11) is 0. The number of hydrogen-bond donors (Lipinski definition) is 1. The number of halogens is 1. The van der Waals surface area contributed by atoms with Gasteiger partial charge in [0, 0.05) is 4.47 Å². The molecule has 0 atom stereocenters. The lowest BCUT2D eigenvalue weighted by atomic mass is 10.1. The molecule has 0 bridgehead atoms. The van der Waals surface area contributed by atoms with Crippen LogP contribution in [0.15, 0.2) is 22.7 Å². The van der Waals surface area contributed by atoms with Gasteiger partial charge in [-0.25, -0.2) is 0 Å². The van der Waals surface area contributed by atoms with Crippen molar-refractivity contribution >= 4 is 21.9 Å². The molecule has 0 heterocycles. The normalized spacial score (nSPS) is 9.86. The number of hydrogen-bond acceptors (Lipinski definition) is 3. The molecule has 0 spiro atoms. The van der Waals surface area contributed by atoms with Crippen molar-refractivity contribution < 1.29 is 14.6 Å². The number of carbonyl (C=O) groups is 1. The zero-order valence-electron chi connectivity index (χ0n) is 7.79. The van der Waals surface area contributed by atoms with Crippen LogP contribution in [-0.4, -0.2) is 17.7 Å². The van der Waals surface area contributed by atoms with E-state index in [0.29, 0.717) is 6.61 Å². The number of ether oxygens (including phenoxy) is 1. The number of aromatic hydroxyl groups is 1. The van der Waals surface area contributed by atoms with E-state index >= 15 is 0 Å². The van der Waals surface area contributed by atoms with E-state index in [4.69, 9.17) is 4.74 Å². The van der Waals surface area contributed by atoms with Crippen LogP contribution in [0.25, 0.3) is 0 Å². The minimum atomic E-state index is -0.293. The molecule has 0 aromatic heterocycles. The molecule has 0 fully saturated rings. The van der Waals surface area contributed by atoms with Crippen LogP contribution < -0.4 is 0 Å². The zero-order valence-corrected chi connectivity index (χ0v) is 9.37. The van der Waals surface area contributed by atoms with Crippen LogP contribution in [0.4, 0.5) is 0 Å². The highest BCUT2D eigenvalue weighted by molar-refractivity contribution is 9.10. The standard InChI is InChI=1S/C10H11BrO3/c1-2-14-10(13)6-7-5-8(12)3-4-9(7)11/h3-5,12H,2,6H2,1H3. The summed E-state index contributed by atoms with van der Waals surface area (Å²) in [5.74, 6) is -0.147. The quantitative estimate of drug-likeness (QED) is 0.847. The smallest absolute Gasteiger partial charge is 0.310 e.